The van der Waals surface area contributed by atoms with E-state index in [1.54, 1.807) is 11.3 Å². The van der Waals surface area contributed by atoms with Crippen LogP contribution in [0.4, 0.5) is 5.13 Å². The molecule has 0 saturated carbocycles. The second-order valence-corrected chi connectivity index (χ2v) is 4.63. The van der Waals surface area contributed by atoms with E-state index in [0.29, 0.717) is 6.61 Å². The summed E-state index contributed by atoms with van der Waals surface area (Å²) in [6, 6.07) is 0.159. The molecule has 0 aliphatic carbocycles. The van der Waals surface area contributed by atoms with Gasteiger partial charge in [-0.2, -0.15) is 0 Å². The molecule has 0 radical (unpaired) electrons. The number of nitrogens with zero attached hydrogens (tertiary/aromatic N) is 1. The molecular formula is C9H15N3OS. The standard InChI is InChI=1S/C9H15N3OS/c1-6(10)4-11-9-12-7-2-3-13-5-8(7)14-9/h6H,2-5,10H2,1H3,(H,11,12). The number of nitrogens with two attached hydrogens (primary N) is 1. The molecule has 14 heavy (non-hydrogen) atoms. The number of nitrogens with one attached hydrogen (secondary N) is 1. The molecule has 1 aliphatic rings. The van der Waals surface area contributed by atoms with E-state index in [9.17, 15) is 0 Å². The van der Waals surface area contributed by atoms with E-state index in [2.05, 4.69) is 10.3 Å². The maximum absolute atomic E-state index is 5.65. The van der Waals surface area contributed by atoms with Crippen LogP contribution in [0.1, 0.15) is 17.5 Å². The largest absolute Gasteiger partial charge is 0.375 e. The lowest BCUT2D eigenvalue weighted by molar-refractivity contribution is 0.112. The summed E-state index contributed by atoms with van der Waals surface area (Å²) in [5.41, 5.74) is 6.84. The van der Waals surface area contributed by atoms with Gasteiger partial charge in [-0.25, -0.2) is 4.98 Å². The minimum atomic E-state index is 0.159. The average Bonchev–Trinajstić information content (AvgIpc) is 2.57. The van der Waals surface area contributed by atoms with Gasteiger partial charge in [0.1, 0.15) is 0 Å². The number of hydrogen-bond donors (Lipinski definition) is 2. The van der Waals surface area contributed by atoms with Gasteiger partial charge in [0, 0.05) is 19.0 Å². The molecule has 0 fully saturated rings. The lowest BCUT2D eigenvalue weighted by Gasteiger charge is -2.08. The van der Waals surface area contributed by atoms with E-state index >= 15 is 0 Å². The Bertz CT molecular complexity index is 288. The molecule has 5 heteroatoms. The van der Waals surface area contributed by atoms with Crippen molar-refractivity contribution in [2.24, 2.45) is 5.73 Å². The number of ether oxygens (including phenoxy) is 1. The molecule has 2 heterocycles. The van der Waals surface area contributed by atoms with E-state index < -0.39 is 0 Å². The lowest BCUT2D eigenvalue weighted by atomic mass is 10.2. The van der Waals surface area contributed by atoms with Crippen molar-refractivity contribution in [3.05, 3.63) is 10.6 Å². The third kappa shape index (κ3) is 2.23. The predicted octanol–water partition coefficient (Wildman–Crippen LogP) is 0.975. The van der Waals surface area contributed by atoms with Crippen LogP contribution in [0.15, 0.2) is 0 Å². The van der Waals surface area contributed by atoms with Crippen LogP contribution in [0.2, 0.25) is 0 Å². The van der Waals surface area contributed by atoms with Gasteiger partial charge in [-0.3, -0.25) is 0 Å². The van der Waals surface area contributed by atoms with Crippen LogP contribution < -0.4 is 11.1 Å². The second-order valence-electron chi connectivity index (χ2n) is 3.55. The molecule has 1 aromatic rings. The van der Waals surface area contributed by atoms with E-state index in [0.717, 1.165) is 24.7 Å². The van der Waals surface area contributed by atoms with Gasteiger partial charge >= 0.3 is 0 Å². The molecule has 0 bridgehead atoms. The first-order chi connectivity index (χ1) is 6.75. The molecule has 4 nitrogen and oxygen atoms in total. The predicted molar refractivity (Wildman–Crippen MR) is 57.6 cm³/mol. The lowest BCUT2D eigenvalue weighted by Crippen LogP contribution is -2.25. The fourth-order valence-electron chi connectivity index (χ4n) is 1.35. The molecule has 78 valence electrons. The van der Waals surface area contributed by atoms with E-state index in [1.807, 2.05) is 6.92 Å². The van der Waals surface area contributed by atoms with Gasteiger partial charge < -0.3 is 15.8 Å². The van der Waals surface area contributed by atoms with Crippen LogP contribution in [-0.2, 0) is 17.8 Å². The summed E-state index contributed by atoms with van der Waals surface area (Å²) in [5.74, 6) is 0. The minimum Gasteiger partial charge on any atom is -0.375 e. The summed E-state index contributed by atoms with van der Waals surface area (Å²) in [5, 5.41) is 4.20. The van der Waals surface area contributed by atoms with Crippen LogP contribution in [0.3, 0.4) is 0 Å². The highest BCUT2D eigenvalue weighted by atomic mass is 32.1. The fraction of sp³-hybridized carbons (Fsp3) is 0.667. The molecule has 1 unspecified atom stereocenters. The second kappa shape index (κ2) is 4.25. The molecule has 0 aromatic carbocycles. The molecule has 1 atom stereocenters. The minimum absolute atomic E-state index is 0.159. The van der Waals surface area contributed by atoms with Gasteiger partial charge in [-0.1, -0.05) is 11.3 Å². The Morgan fingerprint density at radius 1 is 1.71 bits per heavy atom. The van der Waals surface area contributed by atoms with E-state index in [1.165, 1.54) is 10.6 Å². The zero-order valence-corrected chi connectivity index (χ0v) is 9.06. The van der Waals surface area contributed by atoms with Gasteiger partial charge in [0.15, 0.2) is 5.13 Å². The van der Waals surface area contributed by atoms with Crippen molar-refractivity contribution < 1.29 is 4.74 Å². The van der Waals surface area contributed by atoms with E-state index in [-0.39, 0.29) is 6.04 Å². The Morgan fingerprint density at radius 3 is 3.29 bits per heavy atom. The number of anilines is 1. The Labute approximate surface area is 87.5 Å². The van der Waals surface area contributed by atoms with Crippen molar-refractivity contribution in [1.82, 2.24) is 4.98 Å². The third-order valence-corrected chi connectivity index (χ3v) is 3.10. The maximum atomic E-state index is 5.65. The van der Waals surface area contributed by atoms with Gasteiger partial charge in [-0.15, -0.1) is 0 Å². The smallest absolute Gasteiger partial charge is 0.183 e. The quantitative estimate of drug-likeness (QED) is 0.785. The van der Waals surface area contributed by atoms with Crippen molar-refractivity contribution in [2.75, 3.05) is 18.5 Å². The highest BCUT2D eigenvalue weighted by molar-refractivity contribution is 7.15. The van der Waals surface area contributed by atoms with Crippen LogP contribution in [0, 0.1) is 0 Å². The molecule has 2 rings (SSSR count). The average molecular weight is 213 g/mol. The monoisotopic (exact) mass is 213 g/mol. The number of hydrogen-bond acceptors (Lipinski definition) is 5. The summed E-state index contributed by atoms with van der Waals surface area (Å²) >= 11 is 1.67. The first kappa shape index (κ1) is 9.89. The number of fused-ring (bicyclic) bond motifs is 1. The highest BCUT2D eigenvalue weighted by Gasteiger charge is 2.15. The summed E-state index contributed by atoms with van der Waals surface area (Å²) in [6.07, 6.45) is 0.936. The summed E-state index contributed by atoms with van der Waals surface area (Å²) < 4.78 is 5.35. The van der Waals surface area contributed by atoms with Crippen molar-refractivity contribution in [3.8, 4) is 0 Å². The Hall–Kier alpha value is -0.650. The normalized spacial score (nSPS) is 17.6. The van der Waals surface area contributed by atoms with Crippen LogP contribution >= 0.6 is 11.3 Å². The zero-order valence-electron chi connectivity index (χ0n) is 8.25. The number of thiazole rings is 1. The molecular weight excluding hydrogens is 198 g/mol. The Morgan fingerprint density at radius 2 is 2.57 bits per heavy atom. The van der Waals surface area contributed by atoms with Crippen LogP contribution in [0.25, 0.3) is 0 Å². The topological polar surface area (TPSA) is 60.2 Å². The van der Waals surface area contributed by atoms with Crippen LogP contribution in [-0.4, -0.2) is 24.2 Å². The van der Waals surface area contributed by atoms with Gasteiger partial charge in [0.05, 0.1) is 23.8 Å². The SMILES string of the molecule is CC(N)CNc1nc2c(s1)COCC2. The fourth-order valence-corrected chi connectivity index (χ4v) is 2.30. The molecule has 1 aromatic heterocycles. The van der Waals surface area contributed by atoms with Crippen molar-refractivity contribution >= 4 is 16.5 Å². The van der Waals surface area contributed by atoms with Crippen molar-refractivity contribution in [1.29, 1.82) is 0 Å². The first-order valence-electron chi connectivity index (χ1n) is 4.81. The maximum Gasteiger partial charge on any atom is 0.183 e. The highest BCUT2D eigenvalue weighted by Crippen LogP contribution is 2.26. The van der Waals surface area contributed by atoms with Gasteiger partial charge in [-0.05, 0) is 6.92 Å². The third-order valence-electron chi connectivity index (χ3n) is 2.07. The zero-order chi connectivity index (χ0) is 9.97. The Balaban J connectivity index is 2.01. The summed E-state index contributed by atoms with van der Waals surface area (Å²) in [7, 11) is 0. The van der Waals surface area contributed by atoms with Gasteiger partial charge in [0.2, 0.25) is 0 Å². The number of aromatic nitrogens is 1. The van der Waals surface area contributed by atoms with Crippen molar-refractivity contribution in [3.63, 3.8) is 0 Å². The van der Waals surface area contributed by atoms with Crippen molar-refractivity contribution in [2.45, 2.75) is 26.0 Å². The summed E-state index contributed by atoms with van der Waals surface area (Å²) in [4.78, 5) is 5.75. The summed E-state index contributed by atoms with van der Waals surface area (Å²) in [6.45, 7) is 4.26. The Kier molecular flexibility index (Phi) is 3.00. The first-order valence-corrected chi connectivity index (χ1v) is 5.63. The van der Waals surface area contributed by atoms with Crippen LogP contribution in [0.5, 0.6) is 0 Å². The molecule has 3 N–H and O–H groups in total. The van der Waals surface area contributed by atoms with Gasteiger partial charge in [0.25, 0.3) is 0 Å². The van der Waals surface area contributed by atoms with E-state index in [4.69, 9.17) is 10.5 Å². The molecule has 1 aliphatic heterocycles. The number of rotatable bonds is 3. The molecule has 0 spiro atoms. The molecule has 0 saturated heterocycles. The molecule has 0 amide bonds.